The highest BCUT2D eigenvalue weighted by atomic mass is 32.2. The molecular weight excluding hydrogens is 474 g/mol. The van der Waals surface area contributed by atoms with Gasteiger partial charge in [-0.3, -0.25) is 0 Å². The van der Waals surface area contributed by atoms with Gasteiger partial charge in [-0.15, -0.1) is 5.11 Å². The largest absolute Gasteiger partial charge is 0.385 e. The molecule has 1 aromatic heterocycles. The third-order valence-corrected chi connectivity index (χ3v) is 5.03. The van der Waals surface area contributed by atoms with Crippen molar-refractivity contribution in [3.8, 4) is 0 Å². The summed E-state index contributed by atoms with van der Waals surface area (Å²) in [5.41, 5.74) is 1.11. The van der Waals surface area contributed by atoms with Crippen molar-refractivity contribution in [1.29, 1.82) is 0 Å². The van der Waals surface area contributed by atoms with Crippen molar-refractivity contribution in [2.45, 2.75) is 24.7 Å². The fourth-order valence-corrected chi connectivity index (χ4v) is 3.15. The molecule has 0 radical (unpaired) electrons. The van der Waals surface area contributed by atoms with E-state index in [1.54, 1.807) is 38.5 Å². The molecule has 0 amide bonds. The van der Waals surface area contributed by atoms with Gasteiger partial charge in [-0.25, -0.2) is 5.26 Å². The highest BCUT2D eigenvalue weighted by molar-refractivity contribution is 7.94. The lowest BCUT2D eigenvalue weighted by atomic mass is 10.3. The van der Waals surface area contributed by atoms with Crippen LogP contribution in [0.5, 0.6) is 0 Å². The molecule has 0 bridgehead atoms. The molecule has 0 saturated heterocycles. The number of nitrogens with zero attached hydrogens (tertiary/aromatic N) is 4. The summed E-state index contributed by atoms with van der Waals surface area (Å²) >= 11 is 0.847. The van der Waals surface area contributed by atoms with Crippen LogP contribution in [0.25, 0.3) is 0 Å². The summed E-state index contributed by atoms with van der Waals surface area (Å²) in [5, 5.41) is 27.3. The first-order valence-electron chi connectivity index (χ1n) is 11.4. The highest BCUT2D eigenvalue weighted by Crippen LogP contribution is 2.34. The molecule has 1 aromatic carbocycles. The number of azo groups is 1. The Balaban J connectivity index is 2.31. The lowest BCUT2D eigenvalue weighted by Crippen LogP contribution is -2.15. The minimum atomic E-state index is 0.471. The molecule has 0 aliphatic carbocycles. The molecule has 0 aliphatic rings. The number of methoxy groups -OCH3 is 2. The molecule has 1 heterocycles. The van der Waals surface area contributed by atoms with E-state index in [1.165, 1.54) is 0 Å². The number of hydrogen-bond acceptors (Lipinski definition) is 13. The van der Waals surface area contributed by atoms with Gasteiger partial charge in [-0.05, 0) is 44.0 Å². The van der Waals surface area contributed by atoms with Gasteiger partial charge in [0.1, 0.15) is 0 Å². The third-order valence-electron chi connectivity index (χ3n) is 4.49. The minimum absolute atomic E-state index is 0.471. The van der Waals surface area contributed by atoms with Crippen LogP contribution < -0.4 is 16.0 Å². The zero-order chi connectivity index (χ0) is 25.1. The van der Waals surface area contributed by atoms with Crippen LogP contribution in [-0.2, 0) is 18.5 Å². The maximum absolute atomic E-state index is 8.58. The van der Waals surface area contributed by atoms with E-state index in [2.05, 4.69) is 40.5 Å². The van der Waals surface area contributed by atoms with Crippen molar-refractivity contribution in [3.63, 3.8) is 0 Å². The second kappa shape index (κ2) is 17.8. The second-order valence-corrected chi connectivity index (χ2v) is 7.90. The number of rotatable bonds is 19. The van der Waals surface area contributed by atoms with Gasteiger partial charge in [0.2, 0.25) is 5.95 Å². The van der Waals surface area contributed by atoms with Crippen molar-refractivity contribution in [1.82, 2.24) is 9.97 Å². The zero-order valence-corrected chi connectivity index (χ0v) is 21.3. The summed E-state index contributed by atoms with van der Waals surface area (Å²) in [5.74, 6) is 1.56. The van der Waals surface area contributed by atoms with Crippen LogP contribution in [0.15, 0.2) is 39.4 Å². The van der Waals surface area contributed by atoms with E-state index in [9.17, 15) is 0 Å². The summed E-state index contributed by atoms with van der Waals surface area (Å²) in [4.78, 5) is 10.00. The van der Waals surface area contributed by atoms with Gasteiger partial charge in [-0.1, -0.05) is 0 Å². The first-order chi connectivity index (χ1) is 17.2. The number of benzene rings is 1. The van der Waals surface area contributed by atoms with Crippen molar-refractivity contribution < 1.29 is 23.8 Å². The maximum Gasteiger partial charge on any atom is 0.226 e. The van der Waals surface area contributed by atoms with Gasteiger partial charge in [0.15, 0.2) is 17.3 Å². The summed E-state index contributed by atoms with van der Waals surface area (Å²) in [6.07, 6.45) is 1.62. The van der Waals surface area contributed by atoms with E-state index < -0.39 is 0 Å². The summed E-state index contributed by atoms with van der Waals surface area (Å²) in [7, 11) is 3.34. The third kappa shape index (κ3) is 11.2. The zero-order valence-electron chi connectivity index (χ0n) is 20.5. The molecular formula is C22H35N7O5S. The van der Waals surface area contributed by atoms with E-state index in [0.29, 0.717) is 75.0 Å². The first kappa shape index (κ1) is 28.7. The van der Waals surface area contributed by atoms with E-state index in [1.807, 2.05) is 6.92 Å². The highest BCUT2D eigenvalue weighted by Gasteiger charge is 2.15. The van der Waals surface area contributed by atoms with Crippen molar-refractivity contribution in [2.24, 2.45) is 10.2 Å². The van der Waals surface area contributed by atoms with Crippen molar-refractivity contribution >= 4 is 41.0 Å². The maximum atomic E-state index is 8.58. The average molecular weight is 510 g/mol. The number of nitrogens with one attached hydrogen (secondary N) is 3. The van der Waals surface area contributed by atoms with Gasteiger partial charge in [0, 0.05) is 58.6 Å². The Morgan fingerprint density at radius 2 is 1.49 bits per heavy atom. The minimum Gasteiger partial charge on any atom is -0.385 e. The summed E-state index contributed by atoms with van der Waals surface area (Å²) in [6.45, 7) is 6.22. The molecule has 0 atom stereocenters. The number of ether oxygens (including phenoxy) is 3. The molecule has 0 saturated carbocycles. The SMILES string of the molecule is CCOCCNc1nc(NCCCOC)nc(NCCCOC)c1N=Nc1ccc(SOO)cc1. The van der Waals surface area contributed by atoms with E-state index in [-0.39, 0.29) is 0 Å². The first-order valence-corrected chi connectivity index (χ1v) is 12.1. The van der Waals surface area contributed by atoms with Gasteiger partial charge in [0.25, 0.3) is 0 Å². The number of anilines is 3. The molecule has 0 spiro atoms. The molecule has 4 N–H and O–H groups in total. The molecule has 13 heteroatoms. The lowest BCUT2D eigenvalue weighted by Gasteiger charge is -2.15. The quantitative estimate of drug-likeness (QED) is 0.0685. The normalized spacial score (nSPS) is 11.2. The van der Waals surface area contributed by atoms with E-state index in [4.69, 9.17) is 19.5 Å². The Bertz CT molecular complexity index is 841. The van der Waals surface area contributed by atoms with Crippen molar-refractivity contribution in [3.05, 3.63) is 24.3 Å². The molecule has 2 aromatic rings. The second-order valence-electron chi connectivity index (χ2n) is 7.11. The molecule has 2 rings (SSSR count). The topological polar surface area (TPSA) is 144 Å². The summed E-state index contributed by atoms with van der Waals surface area (Å²) in [6, 6.07) is 7.07. The lowest BCUT2D eigenvalue weighted by molar-refractivity contribution is -0.116. The molecule has 35 heavy (non-hydrogen) atoms. The Hall–Kier alpha value is -2.55. The fourth-order valence-electron chi connectivity index (χ4n) is 2.82. The van der Waals surface area contributed by atoms with Crippen LogP contribution in [-0.4, -0.2) is 75.5 Å². The summed E-state index contributed by atoms with van der Waals surface area (Å²) < 4.78 is 19.8. The Kier molecular flexibility index (Phi) is 14.6. The van der Waals surface area contributed by atoms with Crippen LogP contribution in [0.2, 0.25) is 0 Å². The van der Waals surface area contributed by atoms with Crippen LogP contribution in [0, 0.1) is 0 Å². The smallest absolute Gasteiger partial charge is 0.226 e. The predicted octanol–water partition coefficient (Wildman–Crippen LogP) is 4.73. The van der Waals surface area contributed by atoms with Crippen molar-refractivity contribution in [2.75, 3.05) is 76.2 Å². The van der Waals surface area contributed by atoms with E-state index >= 15 is 0 Å². The number of aromatic nitrogens is 2. The van der Waals surface area contributed by atoms with Crippen LogP contribution in [0.3, 0.4) is 0 Å². The van der Waals surface area contributed by atoms with E-state index in [0.717, 1.165) is 29.8 Å². The average Bonchev–Trinajstić information content (AvgIpc) is 2.87. The Morgan fingerprint density at radius 1 is 0.857 bits per heavy atom. The van der Waals surface area contributed by atoms with Crippen LogP contribution >= 0.6 is 12.0 Å². The Labute approximate surface area is 210 Å². The predicted molar refractivity (Wildman–Crippen MR) is 137 cm³/mol. The standard InChI is InChI=1S/C22H35N7O5S/c1-4-33-16-13-24-21-19(29-28-17-7-9-18(10-8-17)35-34-30)20(23-11-5-14-31-2)26-22(27-21)25-12-6-15-32-3/h7-10,30H,4-6,11-16H2,1-3H3,(H3,23,24,25,26,27). The van der Waals surface area contributed by atoms with Gasteiger partial charge in [0.05, 0.1) is 24.3 Å². The molecule has 12 nitrogen and oxygen atoms in total. The van der Waals surface area contributed by atoms with Gasteiger partial charge < -0.3 is 30.2 Å². The van der Waals surface area contributed by atoms with Gasteiger partial charge in [-0.2, -0.15) is 19.4 Å². The molecule has 0 aliphatic heterocycles. The monoisotopic (exact) mass is 509 g/mol. The molecule has 0 unspecified atom stereocenters. The molecule has 194 valence electrons. The molecule has 0 fully saturated rings. The number of hydrogen-bond donors (Lipinski definition) is 4. The van der Waals surface area contributed by atoms with Gasteiger partial charge >= 0.3 is 0 Å². The Morgan fingerprint density at radius 3 is 2.09 bits per heavy atom. The van der Waals surface area contributed by atoms with Crippen LogP contribution in [0.4, 0.5) is 29.0 Å². The fraction of sp³-hybridized carbons (Fsp3) is 0.545. The van der Waals surface area contributed by atoms with Crippen LogP contribution in [0.1, 0.15) is 19.8 Å².